The highest BCUT2D eigenvalue weighted by atomic mass is 16.5. The minimum atomic E-state index is -0.302. The molecule has 172 valence electrons. The van der Waals surface area contributed by atoms with E-state index in [2.05, 4.69) is 42.8 Å². The molecular weight excluding hydrogens is 398 g/mol. The number of nitrogens with two attached hydrogens (primary N) is 2. The molecule has 9 heteroatoms. The first kappa shape index (κ1) is 26.3. The Hall–Kier alpha value is -2.75. The Morgan fingerprint density at radius 2 is 2.06 bits per heavy atom. The Morgan fingerprint density at radius 3 is 2.61 bits per heavy atom. The van der Waals surface area contributed by atoms with Crippen molar-refractivity contribution in [3.8, 4) is 5.88 Å². The van der Waals surface area contributed by atoms with E-state index in [1.165, 1.54) is 0 Å². The number of pyridine rings is 1. The number of benzene rings is 1. The molecule has 2 amide bonds. The summed E-state index contributed by atoms with van der Waals surface area (Å²) in [7, 11) is 1.60. The smallest absolute Gasteiger partial charge is 0.223 e. The van der Waals surface area contributed by atoms with Crippen molar-refractivity contribution >= 4 is 23.1 Å². The van der Waals surface area contributed by atoms with Crippen molar-refractivity contribution in [2.75, 3.05) is 20.2 Å². The monoisotopic (exact) mass is 433 g/mol. The summed E-state index contributed by atoms with van der Waals surface area (Å²) in [5.74, 6) is 8.79. The van der Waals surface area contributed by atoms with Gasteiger partial charge < -0.3 is 20.1 Å². The number of aromatic nitrogens is 1. The van der Waals surface area contributed by atoms with Crippen molar-refractivity contribution < 1.29 is 19.4 Å². The van der Waals surface area contributed by atoms with Gasteiger partial charge in [-0.15, -0.1) is 0 Å². The minimum absolute atomic E-state index is 0.0463. The molecule has 0 bridgehead atoms. The quantitative estimate of drug-likeness (QED) is 0.316. The van der Waals surface area contributed by atoms with Crippen LogP contribution in [0.4, 0.5) is 0 Å². The van der Waals surface area contributed by atoms with E-state index in [-0.39, 0.29) is 17.4 Å². The van der Waals surface area contributed by atoms with Gasteiger partial charge in [0.2, 0.25) is 18.2 Å². The molecule has 1 aromatic heterocycles. The highest BCUT2D eigenvalue weighted by Crippen LogP contribution is 2.23. The predicted octanol–water partition coefficient (Wildman–Crippen LogP) is 1.32. The summed E-state index contributed by atoms with van der Waals surface area (Å²) >= 11 is 0. The zero-order valence-corrected chi connectivity index (χ0v) is 18.8. The summed E-state index contributed by atoms with van der Waals surface area (Å²) in [5.41, 5.74) is 1.10. The van der Waals surface area contributed by atoms with E-state index in [4.69, 9.17) is 4.74 Å². The normalized spacial score (nSPS) is 15.3. The zero-order valence-electron chi connectivity index (χ0n) is 18.8. The summed E-state index contributed by atoms with van der Waals surface area (Å²) in [5, 5.41) is 13.9. The van der Waals surface area contributed by atoms with Crippen LogP contribution in [0.2, 0.25) is 0 Å². The molecule has 3 rings (SSSR count). The Bertz CT molecular complexity index is 838. The number of nitrogens with zero attached hydrogens (tertiary/aromatic N) is 2. The van der Waals surface area contributed by atoms with Gasteiger partial charge in [-0.25, -0.2) is 4.98 Å². The first-order valence-corrected chi connectivity index (χ1v) is 10.1. The third kappa shape index (κ3) is 8.87. The van der Waals surface area contributed by atoms with Crippen LogP contribution in [0.15, 0.2) is 30.5 Å². The number of aliphatic hydroxyl groups excluding tert-OH is 1. The van der Waals surface area contributed by atoms with Gasteiger partial charge in [0.25, 0.3) is 0 Å². The van der Waals surface area contributed by atoms with Gasteiger partial charge in [-0.2, -0.15) is 0 Å². The number of rotatable bonds is 5. The lowest BCUT2D eigenvalue weighted by atomic mass is 9.92. The molecule has 1 aromatic carbocycles. The van der Waals surface area contributed by atoms with E-state index in [1.54, 1.807) is 18.2 Å². The van der Waals surface area contributed by atoms with Crippen molar-refractivity contribution in [3.05, 3.63) is 36.0 Å². The van der Waals surface area contributed by atoms with Gasteiger partial charge >= 0.3 is 0 Å². The number of hydrogen-bond acceptors (Lipinski definition) is 7. The van der Waals surface area contributed by atoms with Gasteiger partial charge in [0.1, 0.15) is 0 Å². The maximum absolute atomic E-state index is 11.6. The number of fused-ring (bicyclic) bond motifs is 1. The molecule has 0 spiro atoms. The number of amides is 2. The number of methoxy groups -OCH3 is 1. The van der Waals surface area contributed by atoms with E-state index in [0.717, 1.165) is 29.3 Å². The number of hydrogen-bond donors (Lipinski definition) is 4. The number of nitrogens with one attached hydrogen (secondary N) is 1. The molecule has 0 radical (unpaired) electrons. The van der Waals surface area contributed by atoms with Gasteiger partial charge in [-0.05, 0) is 41.0 Å². The number of hydrazine groups is 1. The maximum atomic E-state index is 11.6. The summed E-state index contributed by atoms with van der Waals surface area (Å²) < 4.78 is 5.17. The van der Waals surface area contributed by atoms with Gasteiger partial charge in [-0.3, -0.25) is 21.3 Å². The molecule has 0 saturated carbocycles. The standard InChI is InChI=1S/C12H12N2O2.C10H19NO2.H4N2/c1-16-12-11-3-2-9(7-13-8-15)6-10(11)4-5-14-12;1-10(2,3)6-9(13)11-5-4-8(12)7-11;1-2/h2-6,8H,7H2,1H3,(H,13,15);8,12H,4-7H2,1-3H3;1-2H2. The van der Waals surface area contributed by atoms with E-state index in [1.807, 2.05) is 24.3 Å². The number of ether oxygens (including phenoxy) is 1. The lowest BCUT2D eigenvalue weighted by molar-refractivity contribution is -0.132. The fourth-order valence-corrected chi connectivity index (χ4v) is 3.17. The Kier molecular flexibility index (Phi) is 10.9. The maximum Gasteiger partial charge on any atom is 0.223 e. The van der Waals surface area contributed by atoms with Gasteiger partial charge in [-0.1, -0.05) is 26.8 Å². The molecule has 1 atom stereocenters. The van der Waals surface area contributed by atoms with E-state index in [9.17, 15) is 14.7 Å². The molecule has 9 nitrogen and oxygen atoms in total. The van der Waals surface area contributed by atoms with E-state index >= 15 is 0 Å². The third-order valence-corrected chi connectivity index (χ3v) is 4.57. The number of carbonyl (C=O) groups is 2. The fraction of sp³-hybridized carbons (Fsp3) is 0.500. The van der Waals surface area contributed by atoms with Crippen LogP contribution in [0.1, 0.15) is 39.2 Å². The van der Waals surface area contributed by atoms with E-state index < -0.39 is 0 Å². The van der Waals surface area contributed by atoms with Crippen LogP contribution >= 0.6 is 0 Å². The lowest BCUT2D eigenvalue weighted by Gasteiger charge is -2.22. The third-order valence-electron chi connectivity index (χ3n) is 4.57. The van der Waals surface area contributed by atoms with Crippen molar-refractivity contribution in [1.29, 1.82) is 0 Å². The van der Waals surface area contributed by atoms with Crippen LogP contribution in [0.5, 0.6) is 5.88 Å². The molecule has 1 aliphatic heterocycles. The van der Waals surface area contributed by atoms with Crippen LogP contribution in [0.25, 0.3) is 10.8 Å². The Morgan fingerprint density at radius 1 is 1.35 bits per heavy atom. The molecule has 2 heterocycles. The van der Waals surface area contributed by atoms with Crippen molar-refractivity contribution in [2.45, 2.75) is 46.3 Å². The fourth-order valence-electron chi connectivity index (χ4n) is 3.17. The topological polar surface area (TPSA) is 144 Å². The first-order chi connectivity index (χ1) is 14.7. The number of aliphatic hydroxyl groups is 1. The second kappa shape index (κ2) is 12.8. The molecule has 1 saturated heterocycles. The second-order valence-corrected chi connectivity index (χ2v) is 8.39. The largest absolute Gasteiger partial charge is 0.481 e. The average Bonchev–Trinajstić information content (AvgIpc) is 3.19. The van der Waals surface area contributed by atoms with E-state index in [0.29, 0.717) is 31.8 Å². The molecule has 6 N–H and O–H groups in total. The molecule has 1 fully saturated rings. The average molecular weight is 434 g/mol. The molecule has 2 aromatic rings. The van der Waals surface area contributed by atoms with Crippen molar-refractivity contribution in [3.63, 3.8) is 0 Å². The predicted molar refractivity (Wildman–Crippen MR) is 121 cm³/mol. The van der Waals surface area contributed by atoms with Gasteiger partial charge in [0.05, 0.1) is 13.2 Å². The number of β-amino-alcohol motifs (C(OH)–C–C–N with tert-alkyl or cyclic N) is 1. The minimum Gasteiger partial charge on any atom is -0.481 e. The lowest BCUT2D eigenvalue weighted by Crippen LogP contribution is -2.32. The summed E-state index contributed by atoms with van der Waals surface area (Å²) in [6, 6.07) is 7.82. The first-order valence-electron chi connectivity index (χ1n) is 10.1. The molecule has 31 heavy (non-hydrogen) atoms. The van der Waals surface area contributed by atoms with Crippen molar-refractivity contribution in [1.82, 2.24) is 15.2 Å². The summed E-state index contributed by atoms with van der Waals surface area (Å²) in [6.45, 7) is 7.93. The summed E-state index contributed by atoms with van der Waals surface area (Å²) in [4.78, 5) is 27.7. The number of likely N-dealkylation sites (tertiary alicyclic amines) is 1. The summed E-state index contributed by atoms with van der Waals surface area (Å²) in [6.07, 6.45) is 3.40. The molecule has 1 aliphatic rings. The molecule has 0 aliphatic carbocycles. The Labute approximate surface area is 183 Å². The number of carbonyl (C=O) groups excluding carboxylic acids is 2. The SMILES string of the molecule is CC(C)(C)CC(=O)N1CCC(O)C1.COc1nccc2cc(CNC=O)ccc12.NN. The van der Waals surface area contributed by atoms with Gasteiger partial charge in [0, 0.05) is 37.6 Å². The highest BCUT2D eigenvalue weighted by Gasteiger charge is 2.27. The van der Waals surface area contributed by atoms with Crippen LogP contribution < -0.4 is 21.7 Å². The van der Waals surface area contributed by atoms with Crippen LogP contribution in [-0.4, -0.2) is 53.6 Å². The second-order valence-electron chi connectivity index (χ2n) is 8.39. The highest BCUT2D eigenvalue weighted by molar-refractivity contribution is 5.87. The van der Waals surface area contributed by atoms with Crippen LogP contribution in [0, 0.1) is 5.41 Å². The zero-order chi connectivity index (χ0) is 23.4. The molecule has 1 unspecified atom stereocenters. The Balaban J connectivity index is 0.000000293. The van der Waals surface area contributed by atoms with Gasteiger partial charge in [0.15, 0.2) is 0 Å². The van der Waals surface area contributed by atoms with Crippen LogP contribution in [0.3, 0.4) is 0 Å². The van der Waals surface area contributed by atoms with Crippen molar-refractivity contribution in [2.24, 2.45) is 17.1 Å². The molecular formula is C22H35N5O4. The van der Waals surface area contributed by atoms with Crippen LogP contribution in [-0.2, 0) is 16.1 Å².